The van der Waals surface area contributed by atoms with Crippen LogP contribution in [-0.2, 0) is 20.3 Å². The van der Waals surface area contributed by atoms with Gasteiger partial charge in [0.25, 0.3) is 0 Å². The van der Waals surface area contributed by atoms with Crippen LogP contribution in [-0.4, -0.2) is 50.9 Å². The molecule has 0 spiro atoms. The summed E-state index contributed by atoms with van der Waals surface area (Å²) in [5.74, 6) is 1.07. The first kappa shape index (κ1) is 19.0. The molecule has 1 fully saturated rings. The molecule has 1 saturated heterocycles. The van der Waals surface area contributed by atoms with E-state index in [1.165, 1.54) is 6.26 Å². The van der Waals surface area contributed by atoms with E-state index in [9.17, 15) is 8.42 Å². The van der Waals surface area contributed by atoms with Crippen LogP contribution >= 0.6 is 0 Å². The van der Waals surface area contributed by atoms with Crippen LogP contribution in [0.1, 0.15) is 5.69 Å². The Bertz CT molecular complexity index is 1340. The fourth-order valence-electron chi connectivity index (χ4n) is 3.86. The third kappa shape index (κ3) is 3.64. The Hall–Kier alpha value is -2.97. The van der Waals surface area contributed by atoms with Crippen molar-refractivity contribution in [3.63, 3.8) is 0 Å². The topological polar surface area (TPSA) is 85.5 Å². The number of ether oxygens (including phenoxy) is 1. The van der Waals surface area contributed by atoms with Crippen LogP contribution in [0.2, 0.25) is 0 Å². The third-order valence-electron chi connectivity index (χ3n) is 5.15. The molecule has 2 aromatic carbocycles. The molecule has 154 valence electrons. The lowest BCUT2D eigenvalue weighted by atomic mass is 10.1. The molecule has 0 bridgehead atoms. The molecule has 0 atom stereocenters. The van der Waals surface area contributed by atoms with Crippen molar-refractivity contribution in [2.75, 3.05) is 37.5 Å². The molecule has 8 heteroatoms. The summed E-state index contributed by atoms with van der Waals surface area (Å²) in [5, 5.41) is 1.91. The molecule has 2 aromatic heterocycles. The van der Waals surface area contributed by atoms with Crippen LogP contribution in [0.15, 0.2) is 52.9 Å². The Morgan fingerprint density at radius 3 is 2.57 bits per heavy atom. The van der Waals surface area contributed by atoms with Crippen molar-refractivity contribution in [2.24, 2.45) is 0 Å². The fourth-order valence-corrected chi connectivity index (χ4v) is 4.55. The molecule has 0 aliphatic carbocycles. The first-order chi connectivity index (χ1) is 14.5. The van der Waals surface area contributed by atoms with E-state index in [-0.39, 0.29) is 5.75 Å². The minimum Gasteiger partial charge on any atom is -0.456 e. The average molecular weight is 423 g/mol. The number of aromatic nitrogens is 2. The number of para-hydroxylation sites is 1. The van der Waals surface area contributed by atoms with E-state index in [1.807, 2.05) is 42.5 Å². The van der Waals surface area contributed by atoms with Crippen LogP contribution in [0.25, 0.3) is 33.3 Å². The van der Waals surface area contributed by atoms with Gasteiger partial charge in [0.15, 0.2) is 15.7 Å². The maximum atomic E-state index is 12.0. The maximum Gasteiger partial charge on any atom is 0.162 e. The summed E-state index contributed by atoms with van der Waals surface area (Å²) in [6, 6.07) is 15.4. The van der Waals surface area contributed by atoms with Gasteiger partial charge in [-0.25, -0.2) is 18.4 Å². The zero-order chi connectivity index (χ0) is 20.7. The maximum absolute atomic E-state index is 12.0. The first-order valence-corrected chi connectivity index (χ1v) is 11.8. The number of hydrogen-bond donors (Lipinski definition) is 0. The number of sulfone groups is 1. The molecule has 4 aromatic rings. The number of anilines is 1. The summed E-state index contributed by atoms with van der Waals surface area (Å²) in [5.41, 5.74) is 2.84. The molecule has 30 heavy (non-hydrogen) atoms. The lowest BCUT2D eigenvalue weighted by molar-refractivity contribution is 0.122. The number of hydrogen-bond acceptors (Lipinski definition) is 7. The van der Waals surface area contributed by atoms with Gasteiger partial charge in [0.05, 0.1) is 24.7 Å². The van der Waals surface area contributed by atoms with E-state index in [0.29, 0.717) is 43.6 Å². The van der Waals surface area contributed by atoms with Crippen LogP contribution in [0.3, 0.4) is 0 Å². The van der Waals surface area contributed by atoms with Crippen LogP contribution in [0.5, 0.6) is 0 Å². The van der Waals surface area contributed by atoms with Crippen molar-refractivity contribution in [1.29, 1.82) is 0 Å². The Balaban J connectivity index is 1.72. The molecule has 0 amide bonds. The Kier molecular flexibility index (Phi) is 4.67. The van der Waals surface area contributed by atoms with Crippen LogP contribution in [0, 0.1) is 0 Å². The molecule has 0 saturated carbocycles. The molecule has 5 rings (SSSR count). The Morgan fingerprint density at radius 1 is 1.00 bits per heavy atom. The van der Waals surface area contributed by atoms with Crippen molar-refractivity contribution in [3.8, 4) is 11.4 Å². The average Bonchev–Trinajstić information content (AvgIpc) is 3.12. The minimum atomic E-state index is -3.24. The van der Waals surface area contributed by atoms with Gasteiger partial charge in [0.1, 0.15) is 17.0 Å². The molecular formula is C22H21N3O4S. The second kappa shape index (κ2) is 7.37. The Morgan fingerprint density at radius 2 is 1.77 bits per heavy atom. The largest absolute Gasteiger partial charge is 0.456 e. The lowest BCUT2D eigenvalue weighted by Crippen LogP contribution is -2.37. The van der Waals surface area contributed by atoms with E-state index in [4.69, 9.17) is 14.1 Å². The van der Waals surface area contributed by atoms with Gasteiger partial charge in [-0.05, 0) is 12.1 Å². The highest BCUT2D eigenvalue weighted by molar-refractivity contribution is 7.89. The Labute approximate surface area is 174 Å². The molecule has 1 aliphatic heterocycles. The van der Waals surface area contributed by atoms with E-state index in [0.717, 1.165) is 27.5 Å². The highest BCUT2D eigenvalue weighted by Gasteiger charge is 2.20. The number of furan rings is 1. The minimum absolute atomic E-state index is 0.137. The summed E-state index contributed by atoms with van der Waals surface area (Å²) in [6.45, 7) is 2.63. The normalized spacial score (nSPS) is 15.2. The van der Waals surface area contributed by atoms with Crippen molar-refractivity contribution in [3.05, 3.63) is 54.2 Å². The van der Waals surface area contributed by atoms with Crippen molar-refractivity contribution in [2.45, 2.75) is 5.75 Å². The SMILES string of the molecule is CS(=O)(=O)Cc1cc(N2CCOCC2)nc(-c2cccc3oc4ccccc4c23)n1. The molecule has 0 unspecified atom stereocenters. The first-order valence-electron chi connectivity index (χ1n) is 9.77. The summed E-state index contributed by atoms with van der Waals surface area (Å²) < 4.78 is 35.4. The molecular weight excluding hydrogens is 402 g/mol. The van der Waals surface area contributed by atoms with Gasteiger partial charge in [-0.15, -0.1) is 0 Å². The van der Waals surface area contributed by atoms with E-state index in [2.05, 4.69) is 9.88 Å². The molecule has 0 radical (unpaired) electrons. The summed E-state index contributed by atoms with van der Waals surface area (Å²) >= 11 is 0. The quantitative estimate of drug-likeness (QED) is 0.497. The molecule has 7 nitrogen and oxygen atoms in total. The predicted octanol–water partition coefficient (Wildman–Crippen LogP) is 3.42. The van der Waals surface area contributed by atoms with E-state index < -0.39 is 9.84 Å². The number of rotatable bonds is 4. The monoisotopic (exact) mass is 423 g/mol. The van der Waals surface area contributed by atoms with E-state index >= 15 is 0 Å². The second-order valence-electron chi connectivity index (χ2n) is 7.49. The highest BCUT2D eigenvalue weighted by atomic mass is 32.2. The van der Waals surface area contributed by atoms with Gasteiger partial charge in [-0.2, -0.15) is 0 Å². The number of benzene rings is 2. The third-order valence-corrected chi connectivity index (χ3v) is 5.97. The zero-order valence-electron chi connectivity index (χ0n) is 16.5. The standard InChI is InChI=1S/C22H21N3O4S/c1-30(26,27)14-15-13-20(25-9-11-28-12-10-25)24-22(23-15)17-6-4-8-19-21(17)16-5-2-3-7-18(16)29-19/h2-8,13H,9-12,14H2,1H3. The van der Waals surface area contributed by atoms with E-state index in [1.54, 1.807) is 6.07 Å². The van der Waals surface area contributed by atoms with Crippen LogP contribution < -0.4 is 4.90 Å². The molecule has 3 heterocycles. The summed E-state index contributed by atoms with van der Waals surface area (Å²) in [4.78, 5) is 11.6. The molecule has 0 N–H and O–H groups in total. The van der Waals surface area contributed by atoms with Gasteiger partial charge >= 0.3 is 0 Å². The number of nitrogens with zero attached hydrogens (tertiary/aromatic N) is 3. The number of morpholine rings is 1. The smallest absolute Gasteiger partial charge is 0.162 e. The van der Waals surface area contributed by atoms with Gasteiger partial charge in [0, 0.05) is 41.7 Å². The lowest BCUT2D eigenvalue weighted by Gasteiger charge is -2.28. The fraction of sp³-hybridized carbons (Fsp3) is 0.273. The summed E-state index contributed by atoms with van der Waals surface area (Å²) in [6.07, 6.45) is 1.22. The van der Waals surface area contributed by atoms with Crippen molar-refractivity contribution in [1.82, 2.24) is 9.97 Å². The van der Waals surface area contributed by atoms with Gasteiger partial charge in [-0.3, -0.25) is 0 Å². The highest BCUT2D eigenvalue weighted by Crippen LogP contribution is 2.36. The number of fused-ring (bicyclic) bond motifs is 3. The van der Waals surface area contributed by atoms with Crippen molar-refractivity contribution >= 4 is 37.6 Å². The van der Waals surface area contributed by atoms with Gasteiger partial charge in [0.2, 0.25) is 0 Å². The van der Waals surface area contributed by atoms with Gasteiger partial charge in [-0.1, -0.05) is 30.3 Å². The zero-order valence-corrected chi connectivity index (χ0v) is 17.4. The van der Waals surface area contributed by atoms with Crippen LogP contribution in [0.4, 0.5) is 5.82 Å². The second-order valence-corrected chi connectivity index (χ2v) is 9.63. The summed E-state index contributed by atoms with van der Waals surface area (Å²) in [7, 11) is -3.24. The van der Waals surface area contributed by atoms with Crippen molar-refractivity contribution < 1.29 is 17.6 Å². The molecule has 1 aliphatic rings. The van der Waals surface area contributed by atoms with Gasteiger partial charge < -0.3 is 14.1 Å². The predicted molar refractivity (Wildman–Crippen MR) is 116 cm³/mol.